The Kier molecular flexibility index (Phi) is 8.43. The molecule has 2 bridgehead atoms. The summed E-state index contributed by atoms with van der Waals surface area (Å²) < 4.78 is 11.4. The molecule has 1 unspecified atom stereocenters. The van der Waals surface area contributed by atoms with Crippen molar-refractivity contribution in [1.29, 1.82) is 0 Å². The van der Waals surface area contributed by atoms with Gasteiger partial charge in [0.05, 0.1) is 19.8 Å². The van der Waals surface area contributed by atoms with Crippen LogP contribution in [0.1, 0.15) is 26.3 Å². The van der Waals surface area contributed by atoms with Gasteiger partial charge in [-0.15, -0.1) is 0 Å². The van der Waals surface area contributed by atoms with Crippen LogP contribution < -0.4 is 20.1 Å². The molecular weight excluding hydrogens is 366 g/mol. The topological polar surface area (TPSA) is 61.4 Å². The molecule has 3 saturated heterocycles. The van der Waals surface area contributed by atoms with E-state index >= 15 is 0 Å². The number of hydrogen-bond acceptors (Lipinski definition) is 5. The van der Waals surface area contributed by atoms with Crippen LogP contribution in [0.2, 0.25) is 0 Å². The zero-order chi connectivity index (χ0) is 20.5. The van der Waals surface area contributed by atoms with Gasteiger partial charge in [0.25, 0.3) is 0 Å². The van der Waals surface area contributed by atoms with E-state index < -0.39 is 0 Å². The van der Waals surface area contributed by atoms with E-state index in [1.165, 1.54) is 31.7 Å². The van der Waals surface area contributed by atoms with Crippen LogP contribution in [0.4, 0.5) is 0 Å². The van der Waals surface area contributed by atoms with Crippen LogP contribution >= 0.6 is 0 Å². The van der Waals surface area contributed by atoms with E-state index in [-0.39, 0.29) is 0 Å². The van der Waals surface area contributed by atoms with Gasteiger partial charge in [-0.1, -0.05) is 6.07 Å². The summed E-state index contributed by atoms with van der Waals surface area (Å²) in [6, 6.07) is 6.75. The average molecular weight is 404 g/mol. The molecule has 3 aliphatic heterocycles. The van der Waals surface area contributed by atoms with Crippen molar-refractivity contribution >= 4 is 5.96 Å². The van der Waals surface area contributed by atoms with Crippen LogP contribution in [0.3, 0.4) is 0 Å². The second-order valence-corrected chi connectivity index (χ2v) is 7.53. The van der Waals surface area contributed by atoms with Gasteiger partial charge in [0.15, 0.2) is 17.5 Å². The lowest BCUT2D eigenvalue weighted by Crippen LogP contribution is -2.62. The molecule has 0 aliphatic carbocycles. The molecule has 3 aliphatic rings. The first-order valence-electron chi connectivity index (χ1n) is 11.1. The molecular formula is C22H37N5O2. The molecule has 1 atom stereocenters. The quantitative estimate of drug-likeness (QED) is 0.457. The highest BCUT2D eigenvalue weighted by Gasteiger charge is 2.31. The summed E-state index contributed by atoms with van der Waals surface area (Å²) in [6.45, 7) is 15.8. The Labute approximate surface area is 175 Å². The predicted molar refractivity (Wildman–Crippen MR) is 118 cm³/mol. The fraction of sp³-hybridized carbons (Fsp3) is 0.682. The lowest BCUT2D eigenvalue weighted by atomic mass is 10.1. The number of piperazine rings is 3. The summed E-state index contributed by atoms with van der Waals surface area (Å²) in [5, 5.41) is 6.85. The standard InChI is InChI=1S/C22H37N5O2/c1-4-23-22(25-16-19-17-26-11-13-27(19)14-12-26)24-10-9-18-7-8-20(28-5-2)21(15-18)29-6-3/h7-8,15,19H,4-6,9-14,16-17H2,1-3H3,(H2,23,24,25). The Morgan fingerprint density at radius 1 is 1.03 bits per heavy atom. The molecule has 1 aromatic rings. The third kappa shape index (κ3) is 6.24. The highest BCUT2D eigenvalue weighted by Crippen LogP contribution is 2.28. The number of hydrogen-bond donors (Lipinski definition) is 2. The average Bonchev–Trinajstić information content (AvgIpc) is 2.75. The summed E-state index contributed by atoms with van der Waals surface area (Å²) in [5.41, 5.74) is 1.23. The minimum Gasteiger partial charge on any atom is -0.490 e. The van der Waals surface area contributed by atoms with Crippen molar-refractivity contribution in [2.75, 3.05) is 65.6 Å². The first kappa shape index (κ1) is 21.7. The molecule has 3 fully saturated rings. The van der Waals surface area contributed by atoms with Crippen LogP contribution in [0, 0.1) is 0 Å². The Morgan fingerprint density at radius 2 is 1.79 bits per heavy atom. The van der Waals surface area contributed by atoms with Gasteiger partial charge < -0.3 is 20.1 Å². The molecule has 29 heavy (non-hydrogen) atoms. The SMILES string of the molecule is CCNC(=NCC1CN2CCN1CC2)NCCc1ccc(OCC)c(OCC)c1. The summed E-state index contributed by atoms with van der Waals surface area (Å²) in [7, 11) is 0. The number of benzene rings is 1. The molecule has 0 aromatic heterocycles. The largest absolute Gasteiger partial charge is 0.490 e. The molecule has 162 valence electrons. The van der Waals surface area contributed by atoms with E-state index in [2.05, 4.69) is 39.5 Å². The Morgan fingerprint density at radius 3 is 2.45 bits per heavy atom. The van der Waals surface area contributed by atoms with Crippen molar-refractivity contribution in [2.24, 2.45) is 4.99 Å². The fourth-order valence-electron chi connectivity index (χ4n) is 4.01. The van der Waals surface area contributed by atoms with Gasteiger partial charge in [-0.3, -0.25) is 14.8 Å². The van der Waals surface area contributed by atoms with Gasteiger partial charge in [-0.05, 0) is 44.9 Å². The Hall–Kier alpha value is -1.99. The van der Waals surface area contributed by atoms with Crippen molar-refractivity contribution in [3.8, 4) is 11.5 Å². The van der Waals surface area contributed by atoms with Crippen molar-refractivity contribution in [2.45, 2.75) is 33.2 Å². The zero-order valence-corrected chi connectivity index (χ0v) is 18.2. The van der Waals surface area contributed by atoms with Gasteiger partial charge in [0.1, 0.15) is 0 Å². The fourth-order valence-corrected chi connectivity index (χ4v) is 4.01. The molecule has 2 N–H and O–H groups in total. The van der Waals surface area contributed by atoms with Crippen LogP contribution in [-0.4, -0.2) is 87.4 Å². The van der Waals surface area contributed by atoms with Gasteiger partial charge in [0, 0.05) is 51.9 Å². The Balaban J connectivity index is 1.51. The molecule has 7 nitrogen and oxygen atoms in total. The van der Waals surface area contributed by atoms with Gasteiger partial charge in [-0.2, -0.15) is 0 Å². The monoisotopic (exact) mass is 403 g/mol. The summed E-state index contributed by atoms with van der Waals surface area (Å²) >= 11 is 0. The van der Waals surface area contributed by atoms with Crippen LogP contribution in [0.15, 0.2) is 23.2 Å². The highest BCUT2D eigenvalue weighted by atomic mass is 16.5. The summed E-state index contributed by atoms with van der Waals surface area (Å²) in [4.78, 5) is 10.00. The zero-order valence-electron chi connectivity index (χ0n) is 18.2. The van der Waals surface area contributed by atoms with Gasteiger partial charge in [0.2, 0.25) is 0 Å². The normalized spacial score (nSPS) is 23.7. The first-order valence-corrected chi connectivity index (χ1v) is 11.1. The molecule has 0 saturated carbocycles. The van der Waals surface area contributed by atoms with Gasteiger partial charge in [-0.25, -0.2) is 0 Å². The van der Waals surface area contributed by atoms with E-state index in [1.54, 1.807) is 0 Å². The van der Waals surface area contributed by atoms with Crippen molar-refractivity contribution in [3.63, 3.8) is 0 Å². The number of fused-ring (bicyclic) bond motifs is 3. The van der Waals surface area contributed by atoms with E-state index in [0.29, 0.717) is 19.3 Å². The number of guanidine groups is 1. The molecule has 0 spiro atoms. The lowest BCUT2D eigenvalue weighted by molar-refractivity contribution is 0.0174. The van der Waals surface area contributed by atoms with E-state index in [0.717, 1.165) is 50.1 Å². The van der Waals surface area contributed by atoms with E-state index in [1.807, 2.05) is 19.9 Å². The maximum Gasteiger partial charge on any atom is 0.191 e. The summed E-state index contributed by atoms with van der Waals surface area (Å²) in [6.07, 6.45) is 0.903. The number of ether oxygens (including phenoxy) is 2. The first-order chi connectivity index (χ1) is 14.2. The number of nitrogens with one attached hydrogen (secondary N) is 2. The predicted octanol–water partition coefficient (Wildman–Crippen LogP) is 1.58. The van der Waals surface area contributed by atoms with Crippen LogP contribution in [0.5, 0.6) is 11.5 Å². The second kappa shape index (κ2) is 11.3. The molecule has 0 radical (unpaired) electrons. The van der Waals surface area contributed by atoms with Crippen LogP contribution in [0.25, 0.3) is 0 Å². The smallest absolute Gasteiger partial charge is 0.191 e. The Bertz CT molecular complexity index is 659. The molecule has 3 heterocycles. The maximum absolute atomic E-state index is 5.74. The van der Waals surface area contributed by atoms with Crippen LogP contribution in [-0.2, 0) is 6.42 Å². The lowest BCUT2D eigenvalue weighted by Gasteiger charge is -2.47. The number of nitrogens with zero attached hydrogens (tertiary/aromatic N) is 3. The number of rotatable bonds is 10. The third-order valence-corrected chi connectivity index (χ3v) is 5.51. The molecule has 4 rings (SSSR count). The van der Waals surface area contributed by atoms with Crippen molar-refractivity contribution in [3.05, 3.63) is 23.8 Å². The van der Waals surface area contributed by atoms with E-state index in [4.69, 9.17) is 14.5 Å². The van der Waals surface area contributed by atoms with Gasteiger partial charge >= 0.3 is 0 Å². The van der Waals surface area contributed by atoms with Crippen molar-refractivity contribution < 1.29 is 9.47 Å². The minimum atomic E-state index is 0.549. The maximum atomic E-state index is 5.74. The minimum absolute atomic E-state index is 0.549. The highest BCUT2D eigenvalue weighted by molar-refractivity contribution is 5.79. The number of aliphatic imine (C=N–C) groups is 1. The molecule has 0 amide bonds. The molecule has 1 aromatic carbocycles. The second-order valence-electron chi connectivity index (χ2n) is 7.53. The molecule has 7 heteroatoms. The third-order valence-electron chi connectivity index (χ3n) is 5.51. The van der Waals surface area contributed by atoms with Crippen molar-refractivity contribution in [1.82, 2.24) is 20.4 Å². The van der Waals surface area contributed by atoms with E-state index in [9.17, 15) is 0 Å². The summed E-state index contributed by atoms with van der Waals surface area (Å²) in [5.74, 6) is 2.54.